The van der Waals surface area contributed by atoms with E-state index in [9.17, 15) is 13.6 Å². The topological polar surface area (TPSA) is 17.1 Å². The number of ketones is 1. The third kappa shape index (κ3) is 2.62. The zero-order chi connectivity index (χ0) is 10.7. The number of hydrogen-bond acceptors (Lipinski definition) is 1. The molecule has 0 N–H and O–H groups in total. The fourth-order valence-corrected chi connectivity index (χ4v) is 1.07. The van der Waals surface area contributed by atoms with Gasteiger partial charge in [0.25, 0.3) is 0 Å². The van der Waals surface area contributed by atoms with Crippen LogP contribution in [0.2, 0.25) is 0 Å². The first-order chi connectivity index (χ1) is 6.50. The molecule has 0 bridgehead atoms. The van der Waals surface area contributed by atoms with Crippen molar-refractivity contribution in [3.05, 3.63) is 35.4 Å². The van der Waals surface area contributed by atoms with Crippen molar-refractivity contribution in [3.63, 3.8) is 0 Å². The molecule has 0 radical (unpaired) electrons. The van der Waals surface area contributed by atoms with E-state index in [1.54, 1.807) is 13.8 Å². The molecule has 14 heavy (non-hydrogen) atoms. The highest BCUT2D eigenvalue weighted by atomic mass is 19.1. The first kappa shape index (κ1) is 10.8. The molecule has 0 aliphatic carbocycles. The molecule has 0 saturated heterocycles. The van der Waals surface area contributed by atoms with Crippen molar-refractivity contribution in [2.45, 2.75) is 20.3 Å². The molecule has 0 unspecified atom stereocenters. The van der Waals surface area contributed by atoms with Crippen LogP contribution < -0.4 is 0 Å². The molecule has 1 rings (SSSR count). The second-order valence-corrected chi connectivity index (χ2v) is 3.53. The van der Waals surface area contributed by atoms with Crippen molar-refractivity contribution in [3.8, 4) is 0 Å². The Morgan fingerprint density at radius 2 is 2.00 bits per heavy atom. The van der Waals surface area contributed by atoms with Crippen molar-refractivity contribution in [2.24, 2.45) is 5.92 Å². The molecular formula is C11H12F2O. The molecule has 3 heteroatoms. The molecule has 1 aromatic carbocycles. The minimum atomic E-state index is -0.527. The van der Waals surface area contributed by atoms with Gasteiger partial charge in [-0.2, -0.15) is 0 Å². The van der Waals surface area contributed by atoms with Gasteiger partial charge in [0.15, 0.2) is 0 Å². The molecule has 0 aromatic heterocycles. The second-order valence-electron chi connectivity index (χ2n) is 3.53. The van der Waals surface area contributed by atoms with Crippen LogP contribution in [0, 0.1) is 17.6 Å². The number of halogens is 2. The Labute approximate surface area is 81.7 Å². The van der Waals surface area contributed by atoms with E-state index in [1.807, 2.05) is 0 Å². The van der Waals surface area contributed by atoms with E-state index < -0.39 is 11.6 Å². The van der Waals surface area contributed by atoms with Gasteiger partial charge in [-0.3, -0.25) is 4.79 Å². The summed E-state index contributed by atoms with van der Waals surface area (Å²) in [5.74, 6) is -1.29. The summed E-state index contributed by atoms with van der Waals surface area (Å²) in [6, 6.07) is 3.15. The van der Waals surface area contributed by atoms with E-state index >= 15 is 0 Å². The summed E-state index contributed by atoms with van der Waals surface area (Å²) in [7, 11) is 0. The smallest absolute Gasteiger partial charge is 0.139 e. The highest BCUT2D eigenvalue weighted by Crippen LogP contribution is 2.12. The van der Waals surface area contributed by atoms with Crippen LogP contribution in [0.3, 0.4) is 0 Å². The zero-order valence-electron chi connectivity index (χ0n) is 8.18. The molecule has 0 saturated carbocycles. The van der Waals surface area contributed by atoms with Gasteiger partial charge in [0, 0.05) is 12.3 Å². The van der Waals surface area contributed by atoms with E-state index in [0.717, 1.165) is 18.2 Å². The minimum absolute atomic E-state index is 0.0404. The quantitative estimate of drug-likeness (QED) is 0.729. The molecule has 0 amide bonds. The van der Waals surface area contributed by atoms with Gasteiger partial charge < -0.3 is 0 Å². The van der Waals surface area contributed by atoms with Gasteiger partial charge in [0.1, 0.15) is 17.4 Å². The number of hydrogen-bond donors (Lipinski definition) is 0. The van der Waals surface area contributed by atoms with E-state index in [4.69, 9.17) is 0 Å². The lowest BCUT2D eigenvalue weighted by atomic mass is 10.0. The third-order valence-electron chi connectivity index (χ3n) is 2.02. The summed E-state index contributed by atoms with van der Waals surface area (Å²) in [6.07, 6.45) is -0.0404. The summed E-state index contributed by atoms with van der Waals surface area (Å²) in [6.45, 7) is 3.47. The van der Waals surface area contributed by atoms with E-state index in [1.165, 1.54) is 0 Å². The SMILES string of the molecule is CC(C)C(=O)Cc1cc(F)ccc1F. The van der Waals surface area contributed by atoms with Crippen LogP contribution in [0.15, 0.2) is 18.2 Å². The zero-order valence-corrected chi connectivity index (χ0v) is 8.18. The highest BCUT2D eigenvalue weighted by molar-refractivity contribution is 5.82. The van der Waals surface area contributed by atoms with Crippen molar-refractivity contribution < 1.29 is 13.6 Å². The highest BCUT2D eigenvalue weighted by Gasteiger charge is 2.11. The lowest BCUT2D eigenvalue weighted by molar-refractivity contribution is -0.121. The van der Waals surface area contributed by atoms with Crippen molar-refractivity contribution in [1.29, 1.82) is 0 Å². The Hall–Kier alpha value is -1.25. The van der Waals surface area contributed by atoms with Gasteiger partial charge in [0.05, 0.1) is 0 Å². The minimum Gasteiger partial charge on any atom is -0.299 e. The predicted molar refractivity (Wildman–Crippen MR) is 49.9 cm³/mol. The van der Waals surface area contributed by atoms with Gasteiger partial charge in [-0.25, -0.2) is 8.78 Å². The summed E-state index contributed by atoms with van der Waals surface area (Å²) < 4.78 is 25.8. The maximum absolute atomic E-state index is 13.1. The Morgan fingerprint density at radius 1 is 1.36 bits per heavy atom. The molecule has 0 spiro atoms. The first-order valence-electron chi connectivity index (χ1n) is 4.47. The van der Waals surface area contributed by atoms with E-state index in [2.05, 4.69) is 0 Å². The third-order valence-corrected chi connectivity index (χ3v) is 2.02. The van der Waals surface area contributed by atoms with E-state index in [-0.39, 0.29) is 23.7 Å². The monoisotopic (exact) mass is 198 g/mol. The van der Waals surface area contributed by atoms with Crippen molar-refractivity contribution in [1.82, 2.24) is 0 Å². The van der Waals surface area contributed by atoms with Crippen LogP contribution in [0.25, 0.3) is 0 Å². The van der Waals surface area contributed by atoms with Gasteiger partial charge in [0.2, 0.25) is 0 Å². The molecule has 1 aromatic rings. The summed E-state index contributed by atoms with van der Waals surface area (Å²) in [5, 5.41) is 0. The van der Waals surface area contributed by atoms with Crippen LogP contribution in [-0.4, -0.2) is 5.78 Å². The fraction of sp³-hybridized carbons (Fsp3) is 0.364. The molecule has 0 heterocycles. The van der Waals surface area contributed by atoms with Crippen molar-refractivity contribution in [2.75, 3.05) is 0 Å². The molecule has 1 nitrogen and oxygen atoms in total. The number of rotatable bonds is 3. The number of carbonyl (C=O) groups excluding carboxylic acids is 1. The average molecular weight is 198 g/mol. The standard InChI is InChI=1S/C11H12F2O/c1-7(2)11(14)6-8-5-9(12)3-4-10(8)13/h3-5,7H,6H2,1-2H3. The van der Waals surface area contributed by atoms with Gasteiger partial charge in [-0.05, 0) is 23.8 Å². The summed E-state index contributed by atoms with van der Waals surface area (Å²) in [5.41, 5.74) is 0.128. The first-order valence-corrected chi connectivity index (χ1v) is 4.47. The molecule has 0 atom stereocenters. The largest absolute Gasteiger partial charge is 0.299 e. The Kier molecular flexibility index (Phi) is 3.33. The van der Waals surface area contributed by atoms with Gasteiger partial charge in [-0.15, -0.1) is 0 Å². The van der Waals surface area contributed by atoms with Crippen molar-refractivity contribution >= 4 is 5.78 Å². The average Bonchev–Trinajstić information content (AvgIpc) is 2.11. The summed E-state index contributed by atoms with van der Waals surface area (Å²) >= 11 is 0. The maximum Gasteiger partial charge on any atom is 0.139 e. The Balaban J connectivity index is 2.86. The van der Waals surface area contributed by atoms with Gasteiger partial charge in [-0.1, -0.05) is 13.8 Å². The van der Waals surface area contributed by atoms with Crippen LogP contribution in [0.5, 0.6) is 0 Å². The Morgan fingerprint density at radius 3 is 2.57 bits per heavy atom. The molecule has 76 valence electrons. The molecule has 0 fully saturated rings. The second kappa shape index (κ2) is 4.31. The van der Waals surface area contributed by atoms with Crippen LogP contribution in [0.4, 0.5) is 8.78 Å². The lowest BCUT2D eigenvalue weighted by Gasteiger charge is -2.05. The Bertz CT molecular complexity index is 345. The lowest BCUT2D eigenvalue weighted by Crippen LogP contribution is -2.11. The number of carbonyl (C=O) groups is 1. The maximum atomic E-state index is 13.1. The van der Waals surface area contributed by atoms with Gasteiger partial charge >= 0.3 is 0 Å². The molecule has 0 aliphatic rings. The van der Waals surface area contributed by atoms with Crippen LogP contribution in [0.1, 0.15) is 19.4 Å². The number of Topliss-reactive ketones (excluding diaryl/α,β-unsaturated/α-hetero) is 1. The van der Waals surface area contributed by atoms with Crippen LogP contribution in [-0.2, 0) is 11.2 Å². The van der Waals surface area contributed by atoms with Crippen LogP contribution >= 0.6 is 0 Å². The normalized spacial score (nSPS) is 10.6. The number of benzene rings is 1. The summed E-state index contributed by atoms with van der Waals surface area (Å²) in [4.78, 5) is 11.3. The predicted octanol–water partition coefficient (Wildman–Crippen LogP) is 2.73. The fourth-order valence-electron chi connectivity index (χ4n) is 1.07. The molecular weight excluding hydrogens is 186 g/mol. The molecule has 0 aliphatic heterocycles. The van der Waals surface area contributed by atoms with E-state index in [0.29, 0.717) is 0 Å².